The summed E-state index contributed by atoms with van der Waals surface area (Å²) in [5.41, 5.74) is 0.838. The molecule has 1 unspecified atom stereocenters. The first-order valence-corrected chi connectivity index (χ1v) is 8.43. The third-order valence-electron chi connectivity index (χ3n) is 4.69. The van der Waals surface area contributed by atoms with Gasteiger partial charge in [0.15, 0.2) is 5.58 Å². The van der Waals surface area contributed by atoms with Crippen LogP contribution in [0.4, 0.5) is 9.18 Å². The molecular formula is C19H15FN4O3. The standard InChI is InChI=1S/C19H15FN4O3/c20-19(5-1-7-24(11-19)18(25)26)17-23-15-9-12(2-3-16(15)27-17)13-4-6-22-14(8-13)10-21/h2-4,6,8-9H,1,5,7,11H2,(H,25,26). The Kier molecular flexibility index (Phi) is 4.00. The molecule has 1 saturated heterocycles. The highest BCUT2D eigenvalue weighted by Crippen LogP contribution is 2.37. The molecule has 2 aromatic heterocycles. The van der Waals surface area contributed by atoms with Crippen molar-refractivity contribution in [2.75, 3.05) is 13.1 Å². The highest BCUT2D eigenvalue weighted by Gasteiger charge is 2.43. The molecular weight excluding hydrogens is 351 g/mol. The molecule has 0 saturated carbocycles. The molecule has 0 spiro atoms. The molecule has 1 N–H and O–H groups in total. The number of hydrogen-bond acceptors (Lipinski definition) is 5. The highest BCUT2D eigenvalue weighted by molar-refractivity contribution is 5.80. The van der Waals surface area contributed by atoms with Crippen LogP contribution >= 0.6 is 0 Å². The van der Waals surface area contributed by atoms with E-state index in [2.05, 4.69) is 9.97 Å². The molecule has 0 aliphatic carbocycles. The van der Waals surface area contributed by atoms with Gasteiger partial charge in [-0.25, -0.2) is 19.2 Å². The minimum Gasteiger partial charge on any atom is -0.465 e. The molecule has 0 bridgehead atoms. The number of fused-ring (bicyclic) bond motifs is 1. The normalized spacial score (nSPS) is 19.8. The molecule has 8 heteroatoms. The van der Waals surface area contributed by atoms with E-state index in [4.69, 9.17) is 14.8 Å². The highest BCUT2D eigenvalue weighted by atomic mass is 19.1. The van der Waals surface area contributed by atoms with E-state index < -0.39 is 11.8 Å². The van der Waals surface area contributed by atoms with Crippen LogP contribution < -0.4 is 0 Å². The lowest BCUT2D eigenvalue weighted by Crippen LogP contribution is -2.46. The number of pyridine rings is 1. The Hall–Kier alpha value is -3.47. The summed E-state index contributed by atoms with van der Waals surface area (Å²) < 4.78 is 21.0. The molecule has 3 aromatic rings. The number of likely N-dealkylation sites (tertiary alicyclic amines) is 1. The fourth-order valence-corrected chi connectivity index (χ4v) is 3.32. The van der Waals surface area contributed by atoms with Crippen LogP contribution in [0, 0.1) is 11.3 Å². The maximum atomic E-state index is 15.4. The van der Waals surface area contributed by atoms with Crippen molar-refractivity contribution in [1.29, 1.82) is 5.26 Å². The van der Waals surface area contributed by atoms with E-state index in [-0.39, 0.29) is 18.9 Å². The van der Waals surface area contributed by atoms with Gasteiger partial charge in [-0.05, 0) is 48.2 Å². The lowest BCUT2D eigenvalue weighted by Gasteiger charge is -2.33. The summed E-state index contributed by atoms with van der Waals surface area (Å²) in [5.74, 6) is -0.104. The molecule has 3 heterocycles. The molecule has 7 nitrogen and oxygen atoms in total. The van der Waals surface area contributed by atoms with E-state index in [0.29, 0.717) is 29.8 Å². The van der Waals surface area contributed by atoms with Crippen molar-refractivity contribution in [2.24, 2.45) is 0 Å². The number of hydrogen-bond donors (Lipinski definition) is 1. The second kappa shape index (κ2) is 6.36. The summed E-state index contributed by atoms with van der Waals surface area (Å²) in [5, 5.41) is 18.1. The van der Waals surface area contributed by atoms with Crippen LogP contribution in [0.25, 0.3) is 22.2 Å². The zero-order chi connectivity index (χ0) is 19.0. The van der Waals surface area contributed by atoms with E-state index >= 15 is 4.39 Å². The molecule has 1 aliphatic heterocycles. The molecule has 1 atom stereocenters. The second-order valence-corrected chi connectivity index (χ2v) is 6.52. The van der Waals surface area contributed by atoms with Crippen molar-refractivity contribution in [1.82, 2.24) is 14.9 Å². The van der Waals surface area contributed by atoms with Crippen molar-refractivity contribution in [3.05, 3.63) is 48.1 Å². The number of aromatic nitrogens is 2. The number of halogens is 1. The largest absolute Gasteiger partial charge is 0.465 e. The van der Waals surface area contributed by atoms with Crippen molar-refractivity contribution >= 4 is 17.2 Å². The molecule has 27 heavy (non-hydrogen) atoms. The number of nitriles is 1. The Balaban J connectivity index is 1.70. The van der Waals surface area contributed by atoms with Gasteiger partial charge in [0.25, 0.3) is 0 Å². The Morgan fingerprint density at radius 3 is 2.93 bits per heavy atom. The summed E-state index contributed by atoms with van der Waals surface area (Å²) in [6.45, 7) is 0.00649. The maximum Gasteiger partial charge on any atom is 0.407 e. The van der Waals surface area contributed by atoms with E-state index in [1.54, 1.807) is 36.5 Å². The Morgan fingerprint density at radius 1 is 1.33 bits per heavy atom. The van der Waals surface area contributed by atoms with Gasteiger partial charge in [-0.3, -0.25) is 0 Å². The number of oxazole rings is 1. The zero-order valence-corrected chi connectivity index (χ0v) is 14.2. The molecule has 1 amide bonds. The van der Waals surface area contributed by atoms with Gasteiger partial charge >= 0.3 is 6.09 Å². The first-order chi connectivity index (χ1) is 13.0. The van der Waals surface area contributed by atoms with E-state index in [1.807, 2.05) is 6.07 Å². The fourth-order valence-electron chi connectivity index (χ4n) is 3.32. The molecule has 0 radical (unpaired) electrons. The van der Waals surface area contributed by atoms with E-state index in [0.717, 1.165) is 16.0 Å². The number of rotatable bonds is 2. The van der Waals surface area contributed by atoms with E-state index in [9.17, 15) is 4.79 Å². The second-order valence-electron chi connectivity index (χ2n) is 6.52. The molecule has 1 fully saturated rings. The summed E-state index contributed by atoms with van der Waals surface area (Å²) in [7, 11) is 0. The number of carbonyl (C=O) groups is 1. The van der Waals surface area contributed by atoms with Gasteiger partial charge in [-0.15, -0.1) is 0 Å². The number of nitrogens with zero attached hydrogens (tertiary/aromatic N) is 4. The summed E-state index contributed by atoms with van der Waals surface area (Å²) in [6.07, 6.45) is 0.958. The predicted molar refractivity (Wildman–Crippen MR) is 93.6 cm³/mol. The van der Waals surface area contributed by atoms with Gasteiger partial charge in [-0.1, -0.05) is 6.07 Å². The summed E-state index contributed by atoms with van der Waals surface area (Å²) in [6, 6.07) is 10.7. The van der Waals surface area contributed by atoms with Gasteiger partial charge in [-0.2, -0.15) is 5.26 Å². The average molecular weight is 366 g/mol. The quantitative estimate of drug-likeness (QED) is 0.742. The minimum absolute atomic E-state index is 0.104. The van der Waals surface area contributed by atoms with Crippen LogP contribution in [0.1, 0.15) is 24.4 Å². The molecule has 1 aromatic carbocycles. The lowest BCUT2D eigenvalue weighted by molar-refractivity contribution is 0.0248. The third-order valence-corrected chi connectivity index (χ3v) is 4.69. The van der Waals surface area contributed by atoms with Crippen LogP contribution in [0.2, 0.25) is 0 Å². The Bertz CT molecular complexity index is 1070. The lowest BCUT2D eigenvalue weighted by atomic mass is 9.95. The Labute approximate surface area is 153 Å². The maximum absolute atomic E-state index is 15.4. The van der Waals surface area contributed by atoms with Crippen molar-refractivity contribution in [3.8, 4) is 17.2 Å². The smallest absolute Gasteiger partial charge is 0.407 e. The van der Waals surface area contributed by atoms with Crippen LogP contribution in [0.15, 0.2) is 40.9 Å². The van der Waals surface area contributed by atoms with Crippen molar-refractivity contribution in [2.45, 2.75) is 18.5 Å². The summed E-state index contributed by atoms with van der Waals surface area (Å²) in [4.78, 5) is 20.5. The molecule has 1 aliphatic rings. The number of alkyl halides is 1. The predicted octanol–water partition coefficient (Wildman–Crippen LogP) is 3.70. The molecule has 136 valence electrons. The first-order valence-electron chi connectivity index (χ1n) is 8.43. The SMILES string of the molecule is N#Cc1cc(-c2ccc3oc(C4(F)CCCN(C(=O)O)C4)nc3c2)ccn1. The van der Waals surface area contributed by atoms with Crippen LogP contribution in [-0.2, 0) is 5.67 Å². The Morgan fingerprint density at radius 2 is 2.15 bits per heavy atom. The van der Waals surface area contributed by atoms with Crippen LogP contribution in [-0.4, -0.2) is 39.2 Å². The van der Waals surface area contributed by atoms with E-state index in [1.165, 1.54) is 0 Å². The van der Waals surface area contributed by atoms with Gasteiger partial charge < -0.3 is 14.4 Å². The number of benzene rings is 1. The van der Waals surface area contributed by atoms with Crippen LogP contribution in [0.5, 0.6) is 0 Å². The minimum atomic E-state index is -1.94. The number of piperidine rings is 1. The third kappa shape index (κ3) is 3.08. The van der Waals surface area contributed by atoms with Gasteiger partial charge in [0.05, 0.1) is 6.54 Å². The zero-order valence-electron chi connectivity index (χ0n) is 14.2. The van der Waals surface area contributed by atoms with Gasteiger partial charge in [0.1, 0.15) is 17.3 Å². The van der Waals surface area contributed by atoms with Gasteiger partial charge in [0, 0.05) is 12.7 Å². The summed E-state index contributed by atoms with van der Waals surface area (Å²) >= 11 is 0. The fraction of sp³-hybridized carbons (Fsp3) is 0.263. The molecule has 4 rings (SSSR count). The van der Waals surface area contributed by atoms with Crippen LogP contribution in [0.3, 0.4) is 0 Å². The average Bonchev–Trinajstić information content (AvgIpc) is 3.12. The number of carboxylic acid groups (broad SMARTS) is 1. The topological polar surface area (TPSA) is 103 Å². The first kappa shape index (κ1) is 17.0. The number of amides is 1. The van der Waals surface area contributed by atoms with Gasteiger partial charge in [0.2, 0.25) is 11.6 Å². The van der Waals surface area contributed by atoms with Crippen molar-refractivity contribution < 1.29 is 18.7 Å². The monoisotopic (exact) mass is 366 g/mol. The van der Waals surface area contributed by atoms with Crippen molar-refractivity contribution in [3.63, 3.8) is 0 Å².